The predicted octanol–water partition coefficient (Wildman–Crippen LogP) is 3.95. The van der Waals surface area contributed by atoms with E-state index in [1.54, 1.807) is 13.2 Å². The normalized spacial score (nSPS) is 26.0. The number of ether oxygens (including phenoxy) is 1. The lowest BCUT2D eigenvalue weighted by Crippen LogP contribution is -2.42. The Morgan fingerprint density at radius 1 is 1.33 bits per heavy atom. The molecule has 0 saturated heterocycles. The Morgan fingerprint density at radius 3 is 2.76 bits per heavy atom. The van der Waals surface area contributed by atoms with Crippen LogP contribution in [0.15, 0.2) is 18.2 Å². The first kappa shape index (κ1) is 16.2. The van der Waals surface area contributed by atoms with E-state index in [0.717, 1.165) is 17.4 Å². The van der Waals surface area contributed by atoms with Crippen molar-refractivity contribution < 1.29 is 9.84 Å². The molecule has 0 aliphatic heterocycles. The third-order valence-corrected chi connectivity index (χ3v) is 4.88. The van der Waals surface area contributed by atoms with E-state index in [1.165, 1.54) is 19.3 Å². The summed E-state index contributed by atoms with van der Waals surface area (Å²) in [5.74, 6) is 3.03. The number of para-hydroxylation sites is 1. The van der Waals surface area contributed by atoms with E-state index < -0.39 is 0 Å². The molecule has 0 spiro atoms. The Hall–Kier alpha value is -1.22. The molecule has 0 aromatic heterocycles. The van der Waals surface area contributed by atoms with Crippen molar-refractivity contribution in [3.63, 3.8) is 0 Å². The van der Waals surface area contributed by atoms with Crippen molar-refractivity contribution in [2.24, 2.45) is 17.8 Å². The van der Waals surface area contributed by atoms with Crippen LogP contribution in [-0.2, 0) is 6.54 Å². The molecule has 0 radical (unpaired) electrons. The summed E-state index contributed by atoms with van der Waals surface area (Å²) in [7, 11) is 1.59. The highest BCUT2D eigenvalue weighted by atomic mass is 16.5. The van der Waals surface area contributed by atoms with Crippen molar-refractivity contribution in [1.82, 2.24) is 5.32 Å². The van der Waals surface area contributed by atoms with Crippen LogP contribution in [0.3, 0.4) is 0 Å². The first-order valence-corrected chi connectivity index (χ1v) is 8.11. The first-order chi connectivity index (χ1) is 10.0. The van der Waals surface area contributed by atoms with Gasteiger partial charge in [-0.1, -0.05) is 39.3 Å². The summed E-state index contributed by atoms with van der Waals surface area (Å²) in [6.07, 6.45) is 3.87. The molecule has 3 heteroatoms. The summed E-state index contributed by atoms with van der Waals surface area (Å²) in [4.78, 5) is 0. The van der Waals surface area contributed by atoms with Crippen molar-refractivity contribution in [3.8, 4) is 11.5 Å². The van der Waals surface area contributed by atoms with Crippen LogP contribution >= 0.6 is 0 Å². The van der Waals surface area contributed by atoms with Gasteiger partial charge in [0.1, 0.15) is 0 Å². The summed E-state index contributed by atoms with van der Waals surface area (Å²) in [6.45, 7) is 7.68. The van der Waals surface area contributed by atoms with Crippen molar-refractivity contribution in [2.75, 3.05) is 7.11 Å². The molecule has 1 aromatic rings. The minimum atomic E-state index is 0.262. The number of benzene rings is 1. The van der Waals surface area contributed by atoms with E-state index in [-0.39, 0.29) is 5.75 Å². The number of phenols is 1. The smallest absolute Gasteiger partial charge is 0.162 e. The van der Waals surface area contributed by atoms with Crippen molar-refractivity contribution >= 4 is 0 Å². The van der Waals surface area contributed by atoms with Crippen LogP contribution in [0.1, 0.15) is 45.6 Å². The van der Waals surface area contributed by atoms with Gasteiger partial charge < -0.3 is 15.2 Å². The number of methoxy groups -OCH3 is 1. The Morgan fingerprint density at radius 2 is 2.10 bits per heavy atom. The molecular weight excluding hydrogens is 262 g/mol. The van der Waals surface area contributed by atoms with Gasteiger partial charge in [-0.15, -0.1) is 0 Å². The molecule has 0 heterocycles. The molecule has 21 heavy (non-hydrogen) atoms. The van der Waals surface area contributed by atoms with Crippen LogP contribution in [0.25, 0.3) is 0 Å². The van der Waals surface area contributed by atoms with E-state index in [2.05, 4.69) is 26.1 Å². The molecule has 3 atom stereocenters. The molecular formula is C18H29NO2. The molecule has 0 amide bonds. The Labute approximate surface area is 128 Å². The zero-order valence-corrected chi connectivity index (χ0v) is 13.7. The molecule has 118 valence electrons. The summed E-state index contributed by atoms with van der Waals surface area (Å²) in [6, 6.07) is 6.22. The van der Waals surface area contributed by atoms with Crippen LogP contribution in [0.4, 0.5) is 0 Å². The summed E-state index contributed by atoms with van der Waals surface area (Å²) >= 11 is 0. The van der Waals surface area contributed by atoms with E-state index in [9.17, 15) is 5.11 Å². The van der Waals surface area contributed by atoms with E-state index in [1.807, 2.05) is 12.1 Å². The van der Waals surface area contributed by atoms with Crippen LogP contribution in [-0.4, -0.2) is 18.3 Å². The Balaban J connectivity index is 2.03. The standard InChI is InChI=1S/C18H29NO2/c1-12(2)15-9-8-13(3)10-16(15)19-11-14-6-5-7-17(21-4)18(14)20/h5-7,12-13,15-16,19-20H,8-11H2,1-4H3. The second-order valence-corrected chi connectivity index (χ2v) is 6.78. The minimum absolute atomic E-state index is 0.262. The van der Waals surface area contributed by atoms with Crippen LogP contribution < -0.4 is 10.1 Å². The number of hydrogen-bond donors (Lipinski definition) is 2. The Kier molecular flexibility index (Phi) is 5.51. The molecule has 1 aromatic carbocycles. The molecule has 3 unspecified atom stereocenters. The zero-order valence-electron chi connectivity index (χ0n) is 13.7. The summed E-state index contributed by atoms with van der Waals surface area (Å²) in [5, 5.41) is 13.9. The maximum Gasteiger partial charge on any atom is 0.162 e. The van der Waals surface area contributed by atoms with Gasteiger partial charge in [-0.3, -0.25) is 0 Å². The maximum atomic E-state index is 10.2. The fourth-order valence-electron chi connectivity index (χ4n) is 3.55. The lowest BCUT2D eigenvalue weighted by Gasteiger charge is -2.38. The highest BCUT2D eigenvalue weighted by molar-refractivity contribution is 5.45. The fourth-order valence-corrected chi connectivity index (χ4v) is 3.55. The average Bonchev–Trinajstić information content (AvgIpc) is 2.46. The molecule has 1 aliphatic rings. The number of hydrogen-bond acceptors (Lipinski definition) is 3. The molecule has 1 fully saturated rings. The van der Waals surface area contributed by atoms with Gasteiger partial charge in [0.05, 0.1) is 7.11 Å². The van der Waals surface area contributed by atoms with E-state index in [0.29, 0.717) is 24.3 Å². The topological polar surface area (TPSA) is 41.5 Å². The molecule has 1 aliphatic carbocycles. The van der Waals surface area contributed by atoms with Gasteiger partial charge in [0.2, 0.25) is 0 Å². The summed E-state index contributed by atoms with van der Waals surface area (Å²) in [5.41, 5.74) is 0.912. The predicted molar refractivity (Wildman–Crippen MR) is 86.6 cm³/mol. The van der Waals surface area contributed by atoms with Crippen LogP contribution in [0.5, 0.6) is 11.5 Å². The quantitative estimate of drug-likeness (QED) is 0.863. The highest BCUT2D eigenvalue weighted by Gasteiger charge is 2.30. The van der Waals surface area contributed by atoms with Crippen LogP contribution in [0, 0.1) is 17.8 Å². The first-order valence-electron chi connectivity index (χ1n) is 8.11. The van der Waals surface area contributed by atoms with E-state index in [4.69, 9.17) is 4.74 Å². The van der Waals surface area contributed by atoms with Gasteiger partial charge >= 0.3 is 0 Å². The second-order valence-electron chi connectivity index (χ2n) is 6.78. The zero-order chi connectivity index (χ0) is 15.4. The van der Waals surface area contributed by atoms with Crippen molar-refractivity contribution in [3.05, 3.63) is 23.8 Å². The highest BCUT2D eigenvalue weighted by Crippen LogP contribution is 2.34. The number of rotatable bonds is 5. The molecule has 0 bridgehead atoms. The van der Waals surface area contributed by atoms with Crippen molar-refractivity contribution in [2.45, 2.75) is 52.6 Å². The monoisotopic (exact) mass is 291 g/mol. The third-order valence-electron chi connectivity index (χ3n) is 4.88. The molecule has 2 rings (SSSR count). The Bertz CT molecular complexity index is 459. The van der Waals surface area contributed by atoms with Gasteiger partial charge in [-0.05, 0) is 36.7 Å². The lowest BCUT2D eigenvalue weighted by molar-refractivity contribution is 0.169. The van der Waals surface area contributed by atoms with Gasteiger partial charge in [-0.2, -0.15) is 0 Å². The molecule has 3 nitrogen and oxygen atoms in total. The largest absolute Gasteiger partial charge is 0.504 e. The fraction of sp³-hybridized carbons (Fsp3) is 0.667. The maximum absolute atomic E-state index is 10.2. The van der Waals surface area contributed by atoms with Gasteiger partial charge in [0, 0.05) is 18.2 Å². The lowest BCUT2D eigenvalue weighted by atomic mass is 9.74. The number of nitrogens with one attached hydrogen (secondary N) is 1. The summed E-state index contributed by atoms with van der Waals surface area (Å²) < 4.78 is 5.18. The molecule has 2 N–H and O–H groups in total. The second kappa shape index (κ2) is 7.17. The van der Waals surface area contributed by atoms with Crippen molar-refractivity contribution in [1.29, 1.82) is 0 Å². The van der Waals surface area contributed by atoms with Gasteiger partial charge in [0.15, 0.2) is 11.5 Å². The average molecular weight is 291 g/mol. The number of phenolic OH excluding ortho intramolecular Hbond substituents is 1. The van der Waals surface area contributed by atoms with Gasteiger partial charge in [0.25, 0.3) is 0 Å². The third kappa shape index (κ3) is 3.91. The number of aromatic hydroxyl groups is 1. The van der Waals surface area contributed by atoms with Gasteiger partial charge in [-0.25, -0.2) is 0 Å². The molecule has 1 saturated carbocycles. The van der Waals surface area contributed by atoms with Crippen LogP contribution in [0.2, 0.25) is 0 Å². The SMILES string of the molecule is COc1cccc(CNC2CC(C)CCC2C(C)C)c1O. The van der Waals surface area contributed by atoms with E-state index >= 15 is 0 Å². The minimum Gasteiger partial charge on any atom is -0.504 e.